The van der Waals surface area contributed by atoms with Gasteiger partial charge in [0.25, 0.3) is 5.91 Å². The molecule has 0 bridgehead atoms. The fraction of sp³-hybridized carbons (Fsp3) is 0.583. The highest BCUT2D eigenvalue weighted by atomic mass is 127. The van der Waals surface area contributed by atoms with Crippen LogP contribution in [0.2, 0.25) is 0 Å². The molecule has 5 heteroatoms. The lowest BCUT2D eigenvalue weighted by molar-refractivity contribution is 0.0661. The average Bonchev–Trinajstić information content (AvgIpc) is 2.68. The van der Waals surface area contributed by atoms with E-state index in [0.717, 1.165) is 40.9 Å². The van der Waals surface area contributed by atoms with Crippen LogP contribution in [0.4, 0.5) is 0 Å². The number of hydrogen-bond acceptors (Lipinski definition) is 2. The summed E-state index contributed by atoms with van der Waals surface area (Å²) in [6, 6.07) is 0.311. The lowest BCUT2D eigenvalue weighted by atomic mass is 10.1. The zero-order chi connectivity index (χ0) is 12.4. The van der Waals surface area contributed by atoms with E-state index in [2.05, 4.69) is 32.9 Å². The highest BCUT2D eigenvalue weighted by molar-refractivity contribution is 14.1. The summed E-state index contributed by atoms with van der Waals surface area (Å²) < 4.78 is 0.971. The van der Waals surface area contributed by atoms with Crippen molar-refractivity contribution < 1.29 is 4.79 Å². The Bertz CT molecular complexity index is 396. The zero-order valence-electron chi connectivity index (χ0n) is 10.2. The third-order valence-electron chi connectivity index (χ3n) is 3.28. The first-order valence-corrected chi connectivity index (χ1v) is 7.40. The first kappa shape index (κ1) is 12.9. The summed E-state index contributed by atoms with van der Waals surface area (Å²) in [5.41, 5.74) is 2.86. The van der Waals surface area contributed by atoms with Crippen LogP contribution >= 0.6 is 22.6 Å². The summed E-state index contributed by atoms with van der Waals surface area (Å²) in [4.78, 5) is 17.7. The van der Waals surface area contributed by atoms with Crippen molar-refractivity contribution in [3.05, 3.63) is 23.0 Å². The van der Waals surface area contributed by atoms with E-state index in [4.69, 9.17) is 0 Å². The van der Waals surface area contributed by atoms with Gasteiger partial charge in [0.1, 0.15) is 0 Å². The largest absolute Gasteiger partial charge is 0.364 e. The van der Waals surface area contributed by atoms with Gasteiger partial charge in [-0.2, -0.15) is 0 Å². The lowest BCUT2D eigenvalue weighted by Crippen LogP contribution is -2.54. The second-order valence-corrected chi connectivity index (χ2v) is 5.36. The molecule has 0 radical (unpaired) electrons. The van der Waals surface area contributed by atoms with Crippen LogP contribution in [0, 0.1) is 13.8 Å². The number of carbonyl (C=O) groups is 1. The predicted octanol–water partition coefficient (Wildman–Crippen LogP) is 1.48. The number of halogens is 1. The number of aryl methyl sites for hydroxylation is 2. The quantitative estimate of drug-likeness (QED) is 0.629. The Morgan fingerprint density at radius 2 is 2.35 bits per heavy atom. The number of H-pyrrole nitrogens is 1. The minimum absolute atomic E-state index is 0.171. The number of aromatic amines is 1. The minimum Gasteiger partial charge on any atom is -0.364 e. The summed E-state index contributed by atoms with van der Waals surface area (Å²) in [6.07, 6.45) is 1.91. The molecule has 1 atom stereocenters. The minimum atomic E-state index is 0.171. The van der Waals surface area contributed by atoms with Gasteiger partial charge in [0.15, 0.2) is 0 Å². The lowest BCUT2D eigenvalue weighted by Gasteiger charge is -2.35. The maximum atomic E-state index is 12.5. The Balaban J connectivity index is 2.24. The number of alkyl halides is 1. The van der Waals surface area contributed by atoms with E-state index in [1.165, 1.54) is 0 Å². The molecule has 2 N–H and O–H groups in total. The molecule has 1 aliphatic heterocycles. The second-order valence-electron chi connectivity index (χ2n) is 4.48. The van der Waals surface area contributed by atoms with Gasteiger partial charge in [0.05, 0.1) is 11.6 Å². The van der Waals surface area contributed by atoms with E-state index >= 15 is 0 Å². The first-order valence-electron chi connectivity index (χ1n) is 5.87. The first-order chi connectivity index (χ1) is 8.15. The van der Waals surface area contributed by atoms with Gasteiger partial charge in [-0.3, -0.25) is 4.79 Å². The van der Waals surface area contributed by atoms with Crippen LogP contribution < -0.4 is 5.32 Å². The Kier molecular flexibility index (Phi) is 4.09. The van der Waals surface area contributed by atoms with Gasteiger partial charge < -0.3 is 15.2 Å². The fourth-order valence-corrected chi connectivity index (χ4v) is 3.08. The molecule has 1 aliphatic rings. The molecule has 1 amide bonds. The van der Waals surface area contributed by atoms with Gasteiger partial charge >= 0.3 is 0 Å². The van der Waals surface area contributed by atoms with Crippen molar-refractivity contribution >= 4 is 28.5 Å². The molecule has 1 saturated heterocycles. The number of nitrogens with one attached hydrogen (secondary N) is 2. The SMILES string of the molecule is Cc1c[nH]c(C)c1C(=O)N1CCNCC1CI. The zero-order valence-corrected chi connectivity index (χ0v) is 12.4. The molecule has 0 saturated carbocycles. The van der Waals surface area contributed by atoms with Gasteiger partial charge in [0, 0.05) is 36.0 Å². The van der Waals surface area contributed by atoms with E-state index in [9.17, 15) is 4.79 Å². The van der Waals surface area contributed by atoms with Crippen molar-refractivity contribution in [1.82, 2.24) is 15.2 Å². The Morgan fingerprint density at radius 1 is 1.59 bits per heavy atom. The summed E-state index contributed by atoms with van der Waals surface area (Å²) in [7, 11) is 0. The molecule has 1 unspecified atom stereocenters. The number of rotatable bonds is 2. The molecule has 4 nitrogen and oxygen atoms in total. The second kappa shape index (κ2) is 5.39. The number of carbonyl (C=O) groups excluding carboxylic acids is 1. The standard InChI is InChI=1S/C12H18IN3O/c1-8-6-15-9(2)11(8)12(17)16-4-3-14-7-10(16)5-13/h6,10,14-15H,3-5,7H2,1-2H3. The van der Waals surface area contributed by atoms with E-state index in [1.807, 2.05) is 24.9 Å². The van der Waals surface area contributed by atoms with Crippen LogP contribution in [0.5, 0.6) is 0 Å². The number of amides is 1. The van der Waals surface area contributed by atoms with Crippen molar-refractivity contribution in [1.29, 1.82) is 0 Å². The Labute approximate surface area is 115 Å². The van der Waals surface area contributed by atoms with Crippen LogP contribution in [0.3, 0.4) is 0 Å². The molecule has 0 aliphatic carbocycles. The monoisotopic (exact) mass is 347 g/mol. The van der Waals surface area contributed by atoms with Gasteiger partial charge in [-0.05, 0) is 19.4 Å². The molecule has 1 fully saturated rings. The van der Waals surface area contributed by atoms with Crippen molar-refractivity contribution in [3.63, 3.8) is 0 Å². The Hall–Kier alpha value is -0.560. The maximum absolute atomic E-state index is 12.5. The number of hydrogen-bond donors (Lipinski definition) is 2. The van der Waals surface area contributed by atoms with E-state index in [0.29, 0.717) is 6.04 Å². The molecule has 0 aromatic carbocycles. The van der Waals surface area contributed by atoms with E-state index in [1.54, 1.807) is 0 Å². The van der Waals surface area contributed by atoms with Gasteiger partial charge in [-0.1, -0.05) is 22.6 Å². The molecule has 2 heterocycles. The molecule has 17 heavy (non-hydrogen) atoms. The van der Waals surface area contributed by atoms with Crippen LogP contribution in [-0.4, -0.2) is 45.9 Å². The van der Waals surface area contributed by atoms with Crippen LogP contribution in [-0.2, 0) is 0 Å². The van der Waals surface area contributed by atoms with Gasteiger partial charge in [-0.15, -0.1) is 0 Å². The molecule has 2 rings (SSSR count). The molecule has 94 valence electrons. The number of nitrogens with zero attached hydrogens (tertiary/aromatic N) is 1. The molecular formula is C12H18IN3O. The summed E-state index contributed by atoms with van der Waals surface area (Å²) in [5.74, 6) is 0.171. The van der Waals surface area contributed by atoms with E-state index < -0.39 is 0 Å². The van der Waals surface area contributed by atoms with Crippen molar-refractivity contribution in [3.8, 4) is 0 Å². The highest BCUT2D eigenvalue weighted by Gasteiger charge is 2.28. The highest BCUT2D eigenvalue weighted by Crippen LogP contribution is 2.18. The molecule has 1 aromatic rings. The molecular weight excluding hydrogens is 329 g/mol. The third kappa shape index (κ3) is 2.49. The average molecular weight is 347 g/mol. The number of piperazine rings is 1. The summed E-state index contributed by atoms with van der Waals surface area (Å²) >= 11 is 2.35. The van der Waals surface area contributed by atoms with Crippen molar-refractivity contribution in [2.45, 2.75) is 19.9 Å². The number of aromatic nitrogens is 1. The smallest absolute Gasteiger partial charge is 0.256 e. The van der Waals surface area contributed by atoms with Crippen molar-refractivity contribution in [2.75, 3.05) is 24.1 Å². The van der Waals surface area contributed by atoms with Crippen LogP contribution in [0.1, 0.15) is 21.6 Å². The third-order valence-corrected chi connectivity index (χ3v) is 4.29. The molecule has 0 spiro atoms. The van der Waals surface area contributed by atoms with Crippen LogP contribution in [0.15, 0.2) is 6.20 Å². The van der Waals surface area contributed by atoms with E-state index in [-0.39, 0.29) is 5.91 Å². The predicted molar refractivity (Wildman–Crippen MR) is 76.8 cm³/mol. The van der Waals surface area contributed by atoms with Gasteiger partial charge in [0.2, 0.25) is 0 Å². The topological polar surface area (TPSA) is 48.1 Å². The van der Waals surface area contributed by atoms with Crippen LogP contribution in [0.25, 0.3) is 0 Å². The van der Waals surface area contributed by atoms with Crippen molar-refractivity contribution in [2.24, 2.45) is 0 Å². The molecule has 1 aromatic heterocycles. The normalized spacial score (nSPS) is 20.6. The summed E-state index contributed by atoms with van der Waals surface area (Å²) in [5, 5.41) is 3.34. The maximum Gasteiger partial charge on any atom is 0.256 e. The fourth-order valence-electron chi connectivity index (χ4n) is 2.30. The Morgan fingerprint density at radius 3 is 2.94 bits per heavy atom. The van der Waals surface area contributed by atoms with Gasteiger partial charge in [-0.25, -0.2) is 0 Å². The summed E-state index contributed by atoms with van der Waals surface area (Å²) in [6.45, 7) is 6.54.